The van der Waals surface area contributed by atoms with E-state index in [1.165, 1.54) is 11.8 Å². The maximum absolute atomic E-state index is 12.7. The van der Waals surface area contributed by atoms with Gasteiger partial charge >= 0.3 is 0 Å². The number of likely N-dealkylation sites (tertiary alicyclic amines) is 2. The van der Waals surface area contributed by atoms with Crippen molar-refractivity contribution in [2.75, 3.05) is 19.6 Å². The average molecular weight is 353 g/mol. The van der Waals surface area contributed by atoms with E-state index < -0.39 is 0 Å². The Hall–Kier alpha value is -2.63. The fourth-order valence-electron chi connectivity index (χ4n) is 4.71. The fraction of sp³-hybridized carbons (Fsp3) is 0.450. The van der Waals surface area contributed by atoms with Gasteiger partial charge in [-0.1, -0.05) is 35.5 Å². The van der Waals surface area contributed by atoms with Gasteiger partial charge in [0.2, 0.25) is 11.7 Å². The van der Waals surface area contributed by atoms with Crippen molar-refractivity contribution in [3.05, 3.63) is 53.9 Å². The van der Waals surface area contributed by atoms with Crippen LogP contribution in [0.15, 0.2) is 47.1 Å². The highest BCUT2D eigenvalue weighted by Gasteiger charge is 2.53. The molecular weight excluding hydrogens is 330 g/mol. The monoisotopic (exact) mass is 353 g/mol. The Labute approximate surface area is 152 Å². The van der Waals surface area contributed by atoms with Gasteiger partial charge in [0.05, 0.1) is 11.7 Å². The highest BCUT2D eigenvalue weighted by molar-refractivity contribution is 5.91. The summed E-state index contributed by atoms with van der Waals surface area (Å²) in [6.07, 6.45) is 3.60. The second kappa shape index (κ2) is 6.59. The van der Waals surface area contributed by atoms with Crippen molar-refractivity contribution in [1.82, 2.24) is 15.0 Å². The van der Waals surface area contributed by atoms with Crippen LogP contribution >= 0.6 is 0 Å². The summed E-state index contributed by atoms with van der Waals surface area (Å²) in [6.45, 7) is 3.98. The molecular formula is C20H23N3O3. The molecule has 2 aromatic rings. The van der Waals surface area contributed by atoms with E-state index in [0.717, 1.165) is 12.8 Å². The van der Waals surface area contributed by atoms with E-state index in [1.807, 2.05) is 34.9 Å². The molecule has 1 aromatic carbocycles. The molecule has 4 rings (SSSR count). The number of rotatable bonds is 3. The third-order valence-electron chi connectivity index (χ3n) is 5.95. The summed E-state index contributed by atoms with van der Waals surface area (Å²) in [7, 11) is 0. The molecule has 6 nitrogen and oxygen atoms in total. The highest BCUT2D eigenvalue weighted by Crippen LogP contribution is 2.48. The zero-order chi connectivity index (χ0) is 18.1. The number of likely N-dealkylation sites (N-methyl/N-ethyl adjacent to an activating group) is 1. The van der Waals surface area contributed by atoms with Crippen molar-refractivity contribution in [3.8, 4) is 0 Å². The Balaban J connectivity index is 1.59. The van der Waals surface area contributed by atoms with Gasteiger partial charge < -0.3 is 14.3 Å². The number of hydrogen-bond acceptors (Lipinski definition) is 4. The van der Waals surface area contributed by atoms with Gasteiger partial charge in [0, 0.05) is 38.0 Å². The predicted octanol–water partition coefficient (Wildman–Crippen LogP) is 2.69. The van der Waals surface area contributed by atoms with E-state index in [4.69, 9.17) is 4.52 Å². The number of piperidine rings is 1. The first-order valence-electron chi connectivity index (χ1n) is 9.21. The normalized spacial score (nSPS) is 22.2. The van der Waals surface area contributed by atoms with Crippen LogP contribution in [0.3, 0.4) is 0 Å². The smallest absolute Gasteiger partial charge is 0.292 e. The molecule has 2 aliphatic rings. The Morgan fingerprint density at radius 2 is 1.96 bits per heavy atom. The summed E-state index contributed by atoms with van der Waals surface area (Å²) in [5, 5.41) is 3.62. The van der Waals surface area contributed by atoms with E-state index in [9.17, 15) is 9.59 Å². The summed E-state index contributed by atoms with van der Waals surface area (Å²) in [5.74, 6) is 0.548. The van der Waals surface area contributed by atoms with Crippen molar-refractivity contribution in [3.63, 3.8) is 0 Å². The van der Waals surface area contributed by atoms with Gasteiger partial charge in [-0.2, -0.15) is 0 Å². The molecule has 2 aliphatic heterocycles. The van der Waals surface area contributed by atoms with Gasteiger partial charge in [0.1, 0.15) is 0 Å². The lowest BCUT2D eigenvalue weighted by Crippen LogP contribution is -2.56. The second-order valence-corrected chi connectivity index (χ2v) is 7.08. The van der Waals surface area contributed by atoms with Crippen molar-refractivity contribution in [1.29, 1.82) is 0 Å². The van der Waals surface area contributed by atoms with Crippen LogP contribution in [0.2, 0.25) is 0 Å². The molecule has 2 saturated heterocycles. The van der Waals surface area contributed by atoms with Crippen LogP contribution in [-0.4, -0.2) is 51.9 Å². The quantitative estimate of drug-likeness (QED) is 0.851. The molecule has 1 aromatic heterocycles. The minimum Gasteiger partial charge on any atom is -0.351 e. The Bertz CT molecular complexity index is 780. The molecule has 2 fully saturated rings. The largest absolute Gasteiger partial charge is 0.351 e. The van der Waals surface area contributed by atoms with Gasteiger partial charge in [-0.25, -0.2) is 0 Å². The Morgan fingerprint density at radius 3 is 2.58 bits per heavy atom. The van der Waals surface area contributed by atoms with Crippen molar-refractivity contribution >= 4 is 11.8 Å². The van der Waals surface area contributed by atoms with E-state index in [1.54, 1.807) is 6.07 Å². The Kier molecular flexibility index (Phi) is 4.26. The van der Waals surface area contributed by atoms with Crippen LogP contribution in [-0.2, 0) is 4.79 Å². The number of carbonyl (C=O) groups is 2. The summed E-state index contributed by atoms with van der Waals surface area (Å²) < 4.78 is 5.01. The molecule has 1 atom stereocenters. The van der Waals surface area contributed by atoms with Crippen LogP contribution < -0.4 is 0 Å². The van der Waals surface area contributed by atoms with Crippen LogP contribution in [0.4, 0.5) is 0 Å². The molecule has 6 heteroatoms. The van der Waals surface area contributed by atoms with Crippen molar-refractivity contribution < 1.29 is 14.1 Å². The lowest BCUT2D eigenvalue weighted by molar-refractivity contribution is -0.132. The standard InChI is InChI=1S/C20H23N3O3/c1-2-23-18(24)14-16(15-6-4-3-5-7-15)20(23)9-12-22(13-10-20)19(25)17-8-11-21-26-17/h3-8,11,16H,2,9-10,12-14H2,1H3. The zero-order valence-corrected chi connectivity index (χ0v) is 14.9. The molecule has 26 heavy (non-hydrogen) atoms. The maximum atomic E-state index is 12.7. The lowest BCUT2D eigenvalue weighted by Gasteiger charge is -2.47. The first-order valence-corrected chi connectivity index (χ1v) is 9.21. The Morgan fingerprint density at radius 1 is 1.23 bits per heavy atom. The summed E-state index contributed by atoms with van der Waals surface area (Å²) >= 11 is 0. The lowest BCUT2D eigenvalue weighted by atomic mass is 9.73. The molecule has 136 valence electrons. The van der Waals surface area contributed by atoms with Gasteiger partial charge in [0.15, 0.2) is 0 Å². The van der Waals surface area contributed by atoms with Crippen LogP contribution in [0.5, 0.6) is 0 Å². The summed E-state index contributed by atoms with van der Waals surface area (Å²) in [5.41, 5.74) is 1.01. The zero-order valence-electron chi connectivity index (χ0n) is 14.9. The molecule has 0 bridgehead atoms. The number of nitrogens with zero attached hydrogens (tertiary/aromatic N) is 3. The number of hydrogen-bond donors (Lipinski definition) is 0. The summed E-state index contributed by atoms with van der Waals surface area (Å²) in [4.78, 5) is 29.1. The molecule has 2 amide bonds. The highest BCUT2D eigenvalue weighted by atomic mass is 16.5. The number of amides is 2. The average Bonchev–Trinajstić information content (AvgIpc) is 3.30. The van der Waals surface area contributed by atoms with E-state index >= 15 is 0 Å². The first kappa shape index (κ1) is 16.8. The van der Waals surface area contributed by atoms with Gasteiger partial charge in [-0.15, -0.1) is 0 Å². The topological polar surface area (TPSA) is 66.7 Å². The molecule has 1 spiro atoms. The van der Waals surface area contributed by atoms with Crippen LogP contribution in [0.1, 0.15) is 48.2 Å². The first-order chi connectivity index (χ1) is 12.7. The second-order valence-electron chi connectivity index (χ2n) is 7.08. The molecule has 1 unspecified atom stereocenters. The van der Waals surface area contributed by atoms with Crippen LogP contribution in [0, 0.1) is 0 Å². The number of aromatic nitrogens is 1. The van der Waals surface area contributed by atoms with E-state index in [0.29, 0.717) is 26.1 Å². The van der Waals surface area contributed by atoms with Crippen molar-refractivity contribution in [2.45, 2.75) is 37.6 Å². The minimum absolute atomic E-state index is 0.124. The van der Waals surface area contributed by atoms with E-state index in [-0.39, 0.29) is 29.0 Å². The van der Waals surface area contributed by atoms with Gasteiger partial charge in [-0.05, 0) is 25.3 Å². The van der Waals surface area contributed by atoms with Crippen LogP contribution in [0.25, 0.3) is 0 Å². The maximum Gasteiger partial charge on any atom is 0.292 e. The van der Waals surface area contributed by atoms with Gasteiger partial charge in [0.25, 0.3) is 5.91 Å². The predicted molar refractivity (Wildman–Crippen MR) is 95.6 cm³/mol. The minimum atomic E-state index is -0.203. The fourth-order valence-corrected chi connectivity index (χ4v) is 4.71. The van der Waals surface area contributed by atoms with E-state index in [2.05, 4.69) is 17.3 Å². The van der Waals surface area contributed by atoms with Gasteiger partial charge in [-0.3, -0.25) is 9.59 Å². The number of carbonyl (C=O) groups excluding carboxylic acids is 2. The summed E-state index contributed by atoms with van der Waals surface area (Å²) in [6, 6.07) is 11.9. The SMILES string of the molecule is CCN1C(=O)CC(c2ccccc2)C12CCN(C(=O)c1ccno1)CC2. The third kappa shape index (κ3) is 2.60. The molecule has 0 N–H and O–H groups in total. The number of benzene rings is 1. The van der Waals surface area contributed by atoms with Crippen molar-refractivity contribution in [2.24, 2.45) is 0 Å². The molecule has 0 saturated carbocycles. The molecule has 0 aliphatic carbocycles. The molecule has 3 heterocycles. The molecule has 0 radical (unpaired) electrons. The third-order valence-corrected chi connectivity index (χ3v) is 5.95.